The Morgan fingerprint density at radius 2 is 2.04 bits per heavy atom. The van der Waals surface area contributed by atoms with Crippen molar-refractivity contribution in [3.63, 3.8) is 0 Å². The zero-order valence-corrected chi connectivity index (χ0v) is 12.3. The van der Waals surface area contributed by atoms with Crippen LogP contribution in [0.5, 0.6) is 0 Å². The average molecular weight is 303 g/mol. The van der Waals surface area contributed by atoms with Crippen LogP contribution in [0.25, 0.3) is 10.9 Å². The summed E-state index contributed by atoms with van der Waals surface area (Å²) in [5, 5.41) is 13.3. The SMILES string of the molecule is N#Cc1ccc2nc(N[C@@H]3C[C@H]3c3cccc(F)c3)ccc2c1. The van der Waals surface area contributed by atoms with Gasteiger partial charge in [0, 0.05) is 17.3 Å². The molecule has 23 heavy (non-hydrogen) atoms. The van der Waals surface area contributed by atoms with Gasteiger partial charge in [-0.1, -0.05) is 12.1 Å². The van der Waals surface area contributed by atoms with E-state index in [1.165, 1.54) is 6.07 Å². The molecule has 1 heterocycles. The minimum atomic E-state index is -0.190. The van der Waals surface area contributed by atoms with Gasteiger partial charge >= 0.3 is 0 Å². The molecule has 112 valence electrons. The third-order valence-electron chi connectivity index (χ3n) is 4.22. The molecule has 1 aliphatic carbocycles. The molecule has 1 fully saturated rings. The van der Waals surface area contributed by atoms with Crippen LogP contribution in [0.4, 0.5) is 10.2 Å². The first-order chi connectivity index (χ1) is 11.2. The second-order valence-corrected chi connectivity index (χ2v) is 5.86. The van der Waals surface area contributed by atoms with E-state index >= 15 is 0 Å². The van der Waals surface area contributed by atoms with E-state index in [2.05, 4.69) is 16.4 Å². The Balaban J connectivity index is 1.52. The Kier molecular flexibility index (Phi) is 3.20. The fraction of sp³-hybridized carbons (Fsp3) is 0.158. The number of nitriles is 1. The minimum Gasteiger partial charge on any atom is -0.367 e. The summed E-state index contributed by atoms with van der Waals surface area (Å²) in [6.45, 7) is 0. The van der Waals surface area contributed by atoms with Crippen LogP contribution in [0.1, 0.15) is 23.5 Å². The molecular formula is C19H14FN3. The summed E-state index contributed by atoms with van der Waals surface area (Å²) in [7, 11) is 0. The van der Waals surface area contributed by atoms with E-state index in [0.717, 1.165) is 28.7 Å². The van der Waals surface area contributed by atoms with Gasteiger partial charge in [-0.15, -0.1) is 0 Å². The Morgan fingerprint density at radius 3 is 2.87 bits per heavy atom. The van der Waals surface area contributed by atoms with Crippen LogP contribution in [0.15, 0.2) is 54.6 Å². The van der Waals surface area contributed by atoms with E-state index < -0.39 is 0 Å². The molecule has 0 amide bonds. The monoisotopic (exact) mass is 303 g/mol. The van der Waals surface area contributed by atoms with Gasteiger partial charge in [-0.3, -0.25) is 0 Å². The number of hydrogen-bond acceptors (Lipinski definition) is 3. The highest BCUT2D eigenvalue weighted by atomic mass is 19.1. The van der Waals surface area contributed by atoms with Crippen molar-refractivity contribution in [1.82, 2.24) is 4.98 Å². The van der Waals surface area contributed by atoms with E-state index in [-0.39, 0.29) is 5.82 Å². The standard InChI is InChI=1S/C19H14FN3/c20-15-3-1-2-13(9-15)16-10-18(16)23-19-7-5-14-8-12(11-21)4-6-17(14)22-19/h1-9,16,18H,10H2,(H,22,23)/t16-,18+/m0/s1. The highest BCUT2D eigenvalue weighted by molar-refractivity contribution is 5.81. The molecular weight excluding hydrogens is 289 g/mol. The number of hydrogen-bond donors (Lipinski definition) is 1. The molecule has 2 atom stereocenters. The third-order valence-corrected chi connectivity index (χ3v) is 4.22. The van der Waals surface area contributed by atoms with Crippen LogP contribution in [-0.2, 0) is 0 Å². The molecule has 0 saturated heterocycles. The zero-order chi connectivity index (χ0) is 15.8. The van der Waals surface area contributed by atoms with Gasteiger partial charge in [-0.05, 0) is 54.4 Å². The lowest BCUT2D eigenvalue weighted by molar-refractivity contribution is 0.625. The van der Waals surface area contributed by atoms with Gasteiger partial charge in [0.25, 0.3) is 0 Å². The zero-order valence-electron chi connectivity index (χ0n) is 12.3. The third kappa shape index (κ3) is 2.74. The topological polar surface area (TPSA) is 48.7 Å². The lowest BCUT2D eigenvalue weighted by atomic mass is 10.1. The average Bonchev–Trinajstić information content (AvgIpc) is 3.33. The van der Waals surface area contributed by atoms with E-state index in [4.69, 9.17) is 5.26 Å². The summed E-state index contributed by atoms with van der Waals surface area (Å²) in [4.78, 5) is 4.58. The summed E-state index contributed by atoms with van der Waals surface area (Å²) >= 11 is 0. The van der Waals surface area contributed by atoms with Gasteiger partial charge in [-0.25, -0.2) is 9.37 Å². The molecule has 1 saturated carbocycles. The van der Waals surface area contributed by atoms with Crippen molar-refractivity contribution >= 4 is 16.7 Å². The number of nitrogens with one attached hydrogen (secondary N) is 1. The number of aromatic nitrogens is 1. The molecule has 4 heteroatoms. The smallest absolute Gasteiger partial charge is 0.126 e. The minimum absolute atomic E-state index is 0.190. The van der Waals surface area contributed by atoms with Crippen LogP contribution >= 0.6 is 0 Å². The van der Waals surface area contributed by atoms with Crippen LogP contribution < -0.4 is 5.32 Å². The summed E-state index contributed by atoms with van der Waals surface area (Å²) in [5.41, 5.74) is 2.52. The van der Waals surface area contributed by atoms with Gasteiger partial charge in [0.2, 0.25) is 0 Å². The maximum atomic E-state index is 13.3. The normalized spacial score (nSPS) is 19.3. The molecule has 3 nitrogen and oxygen atoms in total. The van der Waals surface area contributed by atoms with Crippen LogP contribution in [0.3, 0.4) is 0 Å². The van der Waals surface area contributed by atoms with Gasteiger partial charge < -0.3 is 5.32 Å². The molecule has 0 aliphatic heterocycles. The van der Waals surface area contributed by atoms with Crippen molar-refractivity contribution in [2.24, 2.45) is 0 Å². The number of anilines is 1. The Bertz CT molecular complexity index is 929. The van der Waals surface area contributed by atoms with Crippen molar-refractivity contribution in [2.45, 2.75) is 18.4 Å². The second-order valence-electron chi connectivity index (χ2n) is 5.86. The molecule has 1 N–H and O–H groups in total. The van der Waals surface area contributed by atoms with Crippen LogP contribution in [0.2, 0.25) is 0 Å². The second kappa shape index (κ2) is 5.36. The van der Waals surface area contributed by atoms with Crippen molar-refractivity contribution < 1.29 is 4.39 Å². The molecule has 2 aromatic carbocycles. The molecule has 0 unspecified atom stereocenters. The first-order valence-corrected chi connectivity index (χ1v) is 7.56. The predicted octanol–water partition coefficient (Wildman–Crippen LogP) is 4.21. The van der Waals surface area contributed by atoms with E-state index in [1.54, 1.807) is 18.2 Å². The molecule has 1 aliphatic rings. The highest BCUT2D eigenvalue weighted by Gasteiger charge is 2.38. The van der Waals surface area contributed by atoms with Crippen molar-refractivity contribution in [3.8, 4) is 6.07 Å². The van der Waals surface area contributed by atoms with Crippen LogP contribution in [0, 0.1) is 17.1 Å². The van der Waals surface area contributed by atoms with Gasteiger partial charge in [-0.2, -0.15) is 5.26 Å². The number of halogens is 1. The fourth-order valence-electron chi connectivity index (χ4n) is 2.93. The summed E-state index contributed by atoms with van der Waals surface area (Å²) in [5.74, 6) is 0.959. The van der Waals surface area contributed by atoms with Gasteiger partial charge in [0.1, 0.15) is 11.6 Å². The molecule has 3 aromatic rings. The van der Waals surface area contributed by atoms with Crippen molar-refractivity contribution in [1.29, 1.82) is 5.26 Å². The van der Waals surface area contributed by atoms with Gasteiger partial charge in [0.15, 0.2) is 0 Å². The summed E-state index contributed by atoms with van der Waals surface area (Å²) in [6.07, 6.45) is 0.983. The summed E-state index contributed by atoms with van der Waals surface area (Å²) in [6, 6.07) is 18.5. The number of nitrogens with zero attached hydrogens (tertiary/aromatic N) is 2. The number of pyridine rings is 1. The first kappa shape index (κ1) is 13.7. The Morgan fingerprint density at radius 1 is 1.13 bits per heavy atom. The quantitative estimate of drug-likeness (QED) is 0.788. The number of rotatable bonds is 3. The highest BCUT2D eigenvalue weighted by Crippen LogP contribution is 2.42. The molecule has 0 bridgehead atoms. The molecule has 0 spiro atoms. The maximum absolute atomic E-state index is 13.3. The number of benzene rings is 2. The van der Waals surface area contributed by atoms with Crippen molar-refractivity contribution in [2.75, 3.05) is 5.32 Å². The Hall–Kier alpha value is -2.93. The molecule has 4 rings (SSSR count). The number of fused-ring (bicyclic) bond motifs is 1. The lowest BCUT2D eigenvalue weighted by Crippen LogP contribution is -2.05. The first-order valence-electron chi connectivity index (χ1n) is 7.56. The maximum Gasteiger partial charge on any atom is 0.126 e. The molecule has 1 aromatic heterocycles. The van der Waals surface area contributed by atoms with Crippen molar-refractivity contribution in [3.05, 3.63) is 71.5 Å². The Labute approximate surface area is 133 Å². The van der Waals surface area contributed by atoms with Crippen LogP contribution in [-0.4, -0.2) is 11.0 Å². The fourth-order valence-corrected chi connectivity index (χ4v) is 2.93. The predicted molar refractivity (Wildman–Crippen MR) is 87.6 cm³/mol. The van der Waals surface area contributed by atoms with E-state index in [1.807, 2.05) is 30.3 Å². The lowest BCUT2D eigenvalue weighted by Gasteiger charge is -2.07. The van der Waals surface area contributed by atoms with Gasteiger partial charge in [0.05, 0.1) is 17.1 Å². The molecule has 0 radical (unpaired) electrons. The van der Waals surface area contributed by atoms with E-state index in [0.29, 0.717) is 17.5 Å². The summed E-state index contributed by atoms with van der Waals surface area (Å²) < 4.78 is 13.3. The largest absolute Gasteiger partial charge is 0.367 e. The van der Waals surface area contributed by atoms with E-state index in [9.17, 15) is 4.39 Å².